The van der Waals surface area contributed by atoms with E-state index >= 15 is 0 Å². The monoisotopic (exact) mass is 311 g/mol. The summed E-state index contributed by atoms with van der Waals surface area (Å²) in [6.07, 6.45) is 1.63. The number of fused-ring (bicyclic) bond motifs is 1. The first-order chi connectivity index (χ1) is 10.6. The van der Waals surface area contributed by atoms with Crippen molar-refractivity contribution in [1.82, 2.24) is 14.5 Å². The van der Waals surface area contributed by atoms with Crippen LogP contribution in [0, 0.1) is 11.3 Å². The smallest absolute Gasteiger partial charge is 0.256 e. The fourth-order valence-corrected chi connectivity index (χ4v) is 2.25. The lowest BCUT2D eigenvalue weighted by Gasteiger charge is -2.06. The molecule has 0 unspecified atom stereocenters. The Bertz CT molecular complexity index is 908. The van der Waals surface area contributed by atoms with Crippen LogP contribution in [0.15, 0.2) is 36.7 Å². The maximum atomic E-state index is 12.3. The van der Waals surface area contributed by atoms with Crippen molar-refractivity contribution in [1.29, 1.82) is 5.26 Å². The summed E-state index contributed by atoms with van der Waals surface area (Å²) in [4.78, 5) is 20.6. The van der Waals surface area contributed by atoms with Gasteiger partial charge in [0.2, 0.25) is 0 Å². The number of hydrogen-bond donors (Lipinski definition) is 1. The molecule has 0 atom stereocenters. The number of imidazole rings is 1. The van der Waals surface area contributed by atoms with Crippen molar-refractivity contribution >= 4 is 34.4 Å². The van der Waals surface area contributed by atoms with Gasteiger partial charge in [0, 0.05) is 18.7 Å². The fourth-order valence-electron chi connectivity index (χ4n) is 2.06. The third-order valence-corrected chi connectivity index (χ3v) is 3.38. The van der Waals surface area contributed by atoms with Gasteiger partial charge in [0.1, 0.15) is 10.7 Å². The predicted octanol–water partition coefficient (Wildman–Crippen LogP) is 2.75. The highest BCUT2D eigenvalue weighted by Crippen LogP contribution is 2.23. The van der Waals surface area contributed by atoms with Crippen LogP contribution in [0.25, 0.3) is 11.0 Å². The Balaban J connectivity index is 1.95. The molecule has 6 nitrogen and oxygen atoms in total. The van der Waals surface area contributed by atoms with Gasteiger partial charge in [-0.15, -0.1) is 0 Å². The Morgan fingerprint density at radius 2 is 2.09 bits per heavy atom. The van der Waals surface area contributed by atoms with Crippen molar-refractivity contribution in [2.75, 3.05) is 5.32 Å². The summed E-state index contributed by atoms with van der Waals surface area (Å²) in [6.45, 7) is 0. The number of carbonyl (C=O) groups is 1. The largest absolute Gasteiger partial charge is 0.334 e. The molecule has 0 bridgehead atoms. The van der Waals surface area contributed by atoms with E-state index < -0.39 is 0 Å². The number of aryl methyl sites for hydroxylation is 1. The molecule has 1 amide bonds. The third-order valence-electron chi connectivity index (χ3n) is 3.19. The second kappa shape index (κ2) is 5.47. The van der Waals surface area contributed by atoms with Gasteiger partial charge in [0.25, 0.3) is 5.91 Å². The van der Waals surface area contributed by atoms with Gasteiger partial charge < -0.3 is 9.88 Å². The van der Waals surface area contributed by atoms with Crippen LogP contribution in [0.1, 0.15) is 15.9 Å². The summed E-state index contributed by atoms with van der Waals surface area (Å²) in [5.74, 6) is -0.0383. The molecular weight excluding hydrogens is 302 g/mol. The predicted molar refractivity (Wildman–Crippen MR) is 82.6 cm³/mol. The SMILES string of the molecule is Cn1cnc2c(NC(=O)c3ccc(C#N)cc3)nc(Cl)cc21. The van der Waals surface area contributed by atoms with Gasteiger partial charge in [-0.05, 0) is 24.3 Å². The first-order valence-electron chi connectivity index (χ1n) is 6.37. The molecule has 0 aliphatic heterocycles. The summed E-state index contributed by atoms with van der Waals surface area (Å²) in [6, 6.07) is 10.00. The van der Waals surface area contributed by atoms with E-state index in [1.54, 1.807) is 41.2 Å². The Hall–Kier alpha value is -2.91. The molecule has 0 aliphatic rings. The van der Waals surface area contributed by atoms with E-state index in [4.69, 9.17) is 16.9 Å². The van der Waals surface area contributed by atoms with Gasteiger partial charge in [-0.1, -0.05) is 11.6 Å². The normalized spacial score (nSPS) is 10.4. The number of anilines is 1. The summed E-state index contributed by atoms with van der Waals surface area (Å²) < 4.78 is 1.79. The average Bonchev–Trinajstić information content (AvgIpc) is 2.89. The summed E-state index contributed by atoms with van der Waals surface area (Å²) >= 11 is 5.98. The standard InChI is InChI=1S/C15H10ClN5O/c1-21-8-18-13-11(21)6-12(16)19-14(13)20-15(22)10-4-2-9(7-17)3-5-10/h2-6,8H,1H3,(H,19,20,22). The molecule has 22 heavy (non-hydrogen) atoms. The number of hydrogen-bond acceptors (Lipinski definition) is 4. The fraction of sp³-hybridized carbons (Fsp3) is 0.0667. The molecule has 0 fully saturated rings. The highest BCUT2D eigenvalue weighted by Gasteiger charge is 2.13. The summed E-state index contributed by atoms with van der Waals surface area (Å²) in [7, 11) is 1.83. The Kier molecular flexibility index (Phi) is 3.49. The maximum Gasteiger partial charge on any atom is 0.256 e. The minimum atomic E-state index is -0.341. The molecule has 3 aromatic rings. The van der Waals surface area contributed by atoms with Crippen molar-refractivity contribution < 1.29 is 4.79 Å². The van der Waals surface area contributed by atoms with Gasteiger partial charge in [0.05, 0.1) is 23.5 Å². The van der Waals surface area contributed by atoms with Crippen molar-refractivity contribution in [3.05, 3.63) is 52.9 Å². The Morgan fingerprint density at radius 1 is 1.36 bits per heavy atom. The highest BCUT2D eigenvalue weighted by molar-refractivity contribution is 6.30. The third kappa shape index (κ3) is 2.50. The summed E-state index contributed by atoms with van der Waals surface area (Å²) in [5, 5.41) is 11.7. The molecule has 2 heterocycles. The number of nitrogens with one attached hydrogen (secondary N) is 1. The van der Waals surface area contributed by atoms with Crippen LogP contribution in [0.5, 0.6) is 0 Å². The van der Waals surface area contributed by atoms with Gasteiger partial charge in [-0.3, -0.25) is 4.79 Å². The Labute approximate surface area is 131 Å². The number of rotatable bonds is 2. The maximum absolute atomic E-state index is 12.3. The van der Waals surface area contributed by atoms with Crippen LogP contribution >= 0.6 is 11.6 Å². The van der Waals surface area contributed by atoms with Gasteiger partial charge in [-0.2, -0.15) is 5.26 Å². The van der Waals surface area contributed by atoms with E-state index in [-0.39, 0.29) is 11.1 Å². The topological polar surface area (TPSA) is 83.6 Å². The van der Waals surface area contributed by atoms with Crippen LogP contribution in [0.3, 0.4) is 0 Å². The molecule has 7 heteroatoms. The zero-order valence-electron chi connectivity index (χ0n) is 11.5. The molecular formula is C15H10ClN5O. The lowest BCUT2D eigenvalue weighted by Crippen LogP contribution is -2.13. The number of pyridine rings is 1. The van der Waals surface area contributed by atoms with E-state index in [9.17, 15) is 4.79 Å². The van der Waals surface area contributed by atoms with Crippen LogP contribution in [-0.4, -0.2) is 20.4 Å². The van der Waals surface area contributed by atoms with Crippen LogP contribution in [-0.2, 0) is 7.05 Å². The van der Waals surface area contributed by atoms with Crippen LogP contribution < -0.4 is 5.32 Å². The number of halogens is 1. The minimum absolute atomic E-state index is 0.270. The number of nitriles is 1. The second-order valence-electron chi connectivity index (χ2n) is 4.66. The lowest BCUT2D eigenvalue weighted by molar-refractivity contribution is 0.102. The number of nitrogens with zero attached hydrogens (tertiary/aromatic N) is 4. The number of aromatic nitrogens is 3. The highest BCUT2D eigenvalue weighted by atomic mass is 35.5. The van der Waals surface area contributed by atoms with Crippen LogP contribution in [0.2, 0.25) is 5.15 Å². The molecule has 2 aromatic heterocycles. The average molecular weight is 312 g/mol. The zero-order chi connectivity index (χ0) is 15.7. The molecule has 0 saturated carbocycles. The van der Waals surface area contributed by atoms with Crippen molar-refractivity contribution in [2.45, 2.75) is 0 Å². The first-order valence-corrected chi connectivity index (χ1v) is 6.75. The molecule has 0 saturated heterocycles. The molecule has 0 aliphatic carbocycles. The number of amides is 1. The number of benzene rings is 1. The van der Waals surface area contributed by atoms with E-state index in [1.165, 1.54) is 0 Å². The van der Waals surface area contributed by atoms with E-state index in [1.807, 2.05) is 13.1 Å². The van der Waals surface area contributed by atoms with Crippen molar-refractivity contribution in [3.63, 3.8) is 0 Å². The molecule has 1 N–H and O–H groups in total. The molecule has 0 spiro atoms. The van der Waals surface area contributed by atoms with E-state index in [0.29, 0.717) is 22.5 Å². The van der Waals surface area contributed by atoms with Gasteiger partial charge in [0.15, 0.2) is 5.82 Å². The summed E-state index contributed by atoms with van der Waals surface area (Å²) in [5.41, 5.74) is 2.25. The second-order valence-corrected chi connectivity index (χ2v) is 5.05. The molecule has 3 rings (SSSR count). The molecule has 1 aromatic carbocycles. The lowest BCUT2D eigenvalue weighted by atomic mass is 10.1. The van der Waals surface area contributed by atoms with Crippen molar-refractivity contribution in [3.8, 4) is 6.07 Å². The Morgan fingerprint density at radius 3 is 2.77 bits per heavy atom. The number of carbonyl (C=O) groups excluding carboxylic acids is 1. The van der Waals surface area contributed by atoms with E-state index in [0.717, 1.165) is 5.52 Å². The molecule has 108 valence electrons. The minimum Gasteiger partial charge on any atom is -0.334 e. The van der Waals surface area contributed by atoms with Crippen LogP contribution in [0.4, 0.5) is 5.82 Å². The van der Waals surface area contributed by atoms with Crippen molar-refractivity contribution in [2.24, 2.45) is 7.05 Å². The van der Waals surface area contributed by atoms with Gasteiger partial charge in [-0.25, -0.2) is 9.97 Å². The zero-order valence-corrected chi connectivity index (χ0v) is 12.3. The first kappa shape index (κ1) is 14.0. The quantitative estimate of drug-likeness (QED) is 0.738. The van der Waals surface area contributed by atoms with E-state index in [2.05, 4.69) is 15.3 Å². The van der Waals surface area contributed by atoms with Gasteiger partial charge >= 0.3 is 0 Å². The molecule has 0 radical (unpaired) electrons.